The second kappa shape index (κ2) is 6.25. The summed E-state index contributed by atoms with van der Waals surface area (Å²) in [5.74, 6) is -1.14. The number of hydrogen-bond donors (Lipinski definition) is 0. The van der Waals surface area contributed by atoms with E-state index < -0.39 is 26.3 Å². The zero-order valence-electron chi connectivity index (χ0n) is 10.5. The van der Waals surface area contributed by atoms with Gasteiger partial charge in [0.1, 0.15) is 0 Å². The highest BCUT2D eigenvalue weighted by Gasteiger charge is 2.54. The molecule has 0 heterocycles. The monoisotopic (exact) mass is 365 g/mol. The first kappa shape index (κ1) is 17.8. The molecule has 0 saturated carbocycles. The Labute approximate surface area is 132 Å². The Bertz CT molecular complexity index is 550. The van der Waals surface area contributed by atoms with Crippen molar-refractivity contribution < 1.29 is 27.9 Å². The zero-order valence-corrected chi connectivity index (χ0v) is 12.8. The summed E-state index contributed by atoms with van der Waals surface area (Å²) in [6.45, 7) is 0. The van der Waals surface area contributed by atoms with Crippen molar-refractivity contribution >= 4 is 40.5 Å². The smallest absolute Gasteiger partial charge is 0.446 e. The number of benzene rings is 1. The Hall–Kier alpha value is -1.25. The molecule has 0 aliphatic carbocycles. The van der Waals surface area contributed by atoms with Gasteiger partial charge in [-0.25, -0.2) is 0 Å². The van der Waals surface area contributed by atoms with Gasteiger partial charge in [0.25, 0.3) is 3.79 Å². The summed E-state index contributed by atoms with van der Waals surface area (Å²) in [7, 11) is 2.30. The number of ether oxygens (including phenoxy) is 3. The molecule has 0 saturated heterocycles. The van der Waals surface area contributed by atoms with Crippen LogP contribution in [0.3, 0.4) is 0 Å². The highest BCUT2D eigenvalue weighted by molar-refractivity contribution is 6.68. The van der Waals surface area contributed by atoms with Gasteiger partial charge in [-0.15, -0.1) is 0 Å². The number of nitro groups is 1. The van der Waals surface area contributed by atoms with Gasteiger partial charge in [0.05, 0.1) is 25.2 Å². The predicted octanol–water partition coefficient (Wildman–Crippen LogP) is 3.95. The maximum Gasteiger partial charge on any atom is 0.446 e. The topological polar surface area (TPSA) is 70.8 Å². The van der Waals surface area contributed by atoms with E-state index in [4.69, 9.17) is 44.3 Å². The molecule has 0 aromatic heterocycles. The number of hydrogen-bond acceptors (Lipinski definition) is 5. The van der Waals surface area contributed by atoms with Gasteiger partial charge in [0.2, 0.25) is 5.75 Å². The minimum atomic E-state index is -4.24. The molecule has 0 fully saturated rings. The zero-order chi connectivity index (χ0) is 16.4. The Morgan fingerprint density at radius 3 is 2.00 bits per heavy atom. The molecule has 0 spiro atoms. The second-order valence-electron chi connectivity index (χ2n) is 3.55. The maximum absolute atomic E-state index is 13.6. The third-order valence-electron chi connectivity index (χ3n) is 2.23. The molecule has 118 valence electrons. The van der Waals surface area contributed by atoms with Crippen LogP contribution in [0.2, 0.25) is 0 Å². The van der Waals surface area contributed by atoms with Crippen molar-refractivity contribution in [2.24, 2.45) is 0 Å². The van der Waals surface area contributed by atoms with Crippen molar-refractivity contribution in [3.63, 3.8) is 0 Å². The van der Waals surface area contributed by atoms with Crippen molar-refractivity contribution in [1.29, 1.82) is 0 Å². The first-order valence-electron chi connectivity index (χ1n) is 5.07. The summed E-state index contributed by atoms with van der Waals surface area (Å²) >= 11 is 15.3. The molecule has 1 rings (SSSR count). The summed E-state index contributed by atoms with van der Waals surface area (Å²) < 4.78 is 37.9. The largest absolute Gasteiger partial charge is 0.493 e. The SMILES string of the molecule is COc1cc(OC)c([N+](=O)[O-])cc1OC(F)(F)C(Cl)(Cl)Cl. The first-order chi connectivity index (χ1) is 9.53. The van der Waals surface area contributed by atoms with Gasteiger partial charge < -0.3 is 14.2 Å². The normalized spacial score (nSPS) is 12.0. The fourth-order valence-corrected chi connectivity index (χ4v) is 1.39. The number of alkyl halides is 5. The fraction of sp³-hybridized carbons (Fsp3) is 0.400. The average molecular weight is 367 g/mol. The van der Waals surface area contributed by atoms with Crippen LogP contribution in [0.5, 0.6) is 17.2 Å². The third-order valence-corrected chi connectivity index (χ3v) is 2.89. The van der Waals surface area contributed by atoms with Crippen LogP contribution in [-0.4, -0.2) is 29.0 Å². The molecule has 0 amide bonds. The van der Waals surface area contributed by atoms with Crippen molar-refractivity contribution in [3.05, 3.63) is 22.2 Å². The number of methoxy groups -OCH3 is 2. The molecule has 6 nitrogen and oxygen atoms in total. The number of nitrogens with zero attached hydrogens (tertiary/aromatic N) is 1. The molecule has 0 aliphatic rings. The molecule has 21 heavy (non-hydrogen) atoms. The van der Waals surface area contributed by atoms with Crippen LogP contribution in [0.1, 0.15) is 0 Å². The Morgan fingerprint density at radius 2 is 1.62 bits per heavy atom. The van der Waals surface area contributed by atoms with Crippen LogP contribution in [-0.2, 0) is 0 Å². The Morgan fingerprint density at radius 1 is 1.10 bits per heavy atom. The summed E-state index contributed by atoms with van der Waals surface area (Å²) in [5.41, 5.74) is -0.617. The lowest BCUT2D eigenvalue weighted by molar-refractivity contribution is -0.385. The van der Waals surface area contributed by atoms with Crippen molar-refractivity contribution in [2.45, 2.75) is 9.90 Å². The van der Waals surface area contributed by atoms with Gasteiger partial charge >= 0.3 is 11.8 Å². The molecular weight excluding hydrogens is 358 g/mol. The van der Waals surface area contributed by atoms with Gasteiger partial charge in [-0.05, 0) is 0 Å². The molecule has 0 unspecified atom stereocenters. The van der Waals surface area contributed by atoms with Gasteiger partial charge in [0.15, 0.2) is 11.5 Å². The van der Waals surface area contributed by atoms with Crippen LogP contribution < -0.4 is 14.2 Å². The molecule has 1 aromatic carbocycles. The van der Waals surface area contributed by atoms with E-state index in [-0.39, 0.29) is 11.5 Å². The van der Waals surface area contributed by atoms with Gasteiger partial charge in [-0.3, -0.25) is 10.1 Å². The van der Waals surface area contributed by atoms with Crippen LogP contribution in [0.4, 0.5) is 14.5 Å². The molecule has 0 aliphatic heterocycles. The van der Waals surface area contributed by atoms with Crippen LogP contribution in [0.25, 0.3) is 0 Å². The summed E-state index contributed by atoms with van der Waals surface area (Å²) in [6.07, 6.45) is -4.24. The molecule has 0 atom stereocenters. The lowest BCUT2D eigenvalue weighted by atomic mass is 10.2. The van der Waals surface area contributed by atoms with Gasteiger partial charge in [-0.2, -0.15) is 8.78 Å². The van der Waals surface area contributed by atoms with E-state index in [9.17, 15) is 18.9 Å². The van der Waals surface area contributed by atoms with Crippen LogP contribution >= 0.6 is 34.8 Å². The van der Waals surface area contributed by atoms with Crippen LogP contribution in [0, 0.1) is 10.1 Å². The minimum absolute atomic E-state index is 0.207. The third kappa shape index (κ3) is 3.90. The number of halogens is 5. The Kier molecular flexibility index (Phi) is 5.30. The molecule has 0 N–H and O–H groups in total. The summed E-state index contributed by atoms with van der Waals surface area (Å²) in [5, 5.41) is 10.9. The van der Waals surface area contributed by atoms with E-state index in [2.05, 4.69) is 4.74 Å². The molecule has 0 radical (unpaired) electrons. The lowest BCUT2D eigenvalue weighted by Crippen LogP contribution is -2.39. The molecule has 0 bridgehead atoms. The molecular formula is C10H8Cl3F2NO5. The highest BCUT2D eigenvalue weighted by Crippen LogP contribution is 2.47. The number of nitro benzene ring substituents is 1. The van der Waals surface area contributed by atoms with E-state index >= 15 is 0 Å². The van der Waals surface area contributed by atoms with E-state index in [1.165, 1.54) is 0 Å². The number of rotatable bonds is 5. The average Bonchev–Trinajstić information content (AvgIpc) is 2.36. The van der Waals surface area contributed by atoms with Crippen molar-refractivity contribution in [1.82, 2.24) is 0 Å². The minimum Gasteiger partial charge on any atom is -0.493 e. The van der Waals surface area contributed by atoms with Gasteiger partial charge in [0, 0.05) is 6.07 Å². The van der Waals surface area contributed by atoms with E-state index in [0.717, 1.165) is 20.3 Å². The summed E-state index contributed by atoms with van der Waals surface area (Å²) in [6, 6.07) is 1.68. The quantitative estimate of drug-likeness (QED) is 0.448. The van der Waals surface area contributed by atoms with E-state index in [0.29, 0.717) is 6.07 Å². The summed E-state index contributed by atoms with van der Waals surface area (Å²) in [4.78, 5) is 10.0. The predicted molar refractivity (Wildman–Crippen MR) is 72.1 cm³/mol. The van der Waals surface area contributed by atoms with Crippen molar-refractivity contribution in [2.75, 3.05) is 14.2 Å². The van der Waals surface area contributed by atoms with Crippen molar-refractivity contribution in [3.8, 4) is 17.2 Å². The van der Waals surface area contributed by atoms with Crippen LogP contribution in [0.15, 0.2) is 12.1 Å². The second-order valence-corrected chi connectivity index (χ2v) is 5.83. The van der Waals surface area contributed by atoms with E-state index in [1.807, 2.05) is 0 Å². The standard InChI is InChI=1S/C10H8Cl3F2NO5/c1-19-6-4-7(20-2)8(3-5(6)16(17)18)21-10(14,15)9(11,12)13/h3-4H,1-2H3. The fourth-order valence-electron chi connectivity index (χ4n) is 1.27. The first-order valence-corrected chi connectivity index (χ1v) is 6.21. The Balaban J connectivity index is 3.35. The highest BCUT2D eigenvalue weighted by atomic mass is 35.6. The van der Waals surface area contributed by atoms with E-state index in [1.54, 1.807) is 0 Å². The molecule has 1 aromatic rings. The lowest BCUT2D eigenvalue weighted by Gasteiger charge is -2.24. The van der Waals surface area contributed by atoms with Gasteiger partial charge in [-0.1, -0.05) is 34.8 Å². The maximum atomic E-state index is 13.6. The molecule has 11 heteroatoms.